The van der Waals surface area contributed by atoms with E-state index in [9.17, 15) is 4.79 Å². The average Bonchev–Trinajstić information content (AvgIpc) is 2.77. The lowest BCUT2D eigenvalue weighted by Gasteiger charge is -2.34. The Morgan fingerprint density at radius 2 is 1.71 bits per heavy atom. The first-order chi connectivity index (χ1) is 15.0. The quantitative estimate of drug-likeness (QED) is 0.243. The van der Waals surface area contributed by atoms with Crippen molar-refractivity contribution in [1.29, 1.82) is 0 Å². The number of amides is 1. The summed E-state index contributed by atoms with van der Waals surface area (Å²) < 4.78 is 6.00. The van der Waals surface area contributed by atoms with Crippen molar-refractivity contribution in [2.75, 3.05) is 39.8 Å². The van der Waals surface area contributed by atoms with Crippen LogP contribution in [0.2, 0.25) is 0 Å². The van der Waals surface area contributed by atoms with Gasteiger partial charge in [-0.15, -0.1) is 0 Å². The average molecular weight is 435 g/mol. The zero-order valence-electron chi connectivity index (χ0n) is 21.3. The molecule has 4 nitrogen and oxygen atoms in total. The van der Waals surface area contributed by atoms with Gasteiger partial charge < -0.3 is 9.64 Å². The fourth-order valence-corrected chi connectivity index (χ4v) is 4.32. The summed E-state index contributed by atoms with van der Waals surface area (Å²) in [5.41, 5.74) is 0. The summed E-state index contributed by atoms with van der Waals surface area (Å²) in [4.78, 5) is 17.5. The van der Waals surface area contributed by atoms with Crippen LogP contribution in [-0.4, -0.2) is 61.6 Å². The molecule has 1 aliphatic heterocycles. The van der Waals surface area contributed by atoms with Crippen LogP contribution < -0.4 is 0 Å². The number of morpholine rings is 1. The lowest BCUT2D eigenvalue weighted by molar-refractivity contribution is -0.137. The molecule has 0 bridgehead atoms. The lowest BCUT2D eigenvalue weighted by atomic mass is 9.94. The van der Waals surface area contributed by atoms with Crippen LogP contribution >= 0.6 is 0 Å². The second kappa shape index (κ2) is 17.5. The predicted octanol–water partition coefficient (Wildman–Crippen LogP) is 5.75. The molecule has 0 aromatic rings. The summed E-state index contributed by atoms with van der Waals surface area (Å²) in [5, 5.41) is 0. The van der Waals surface area contributed by atoms with Crippen LogP contribution in [0.5, 0.6) is 0 Å². The summed E-state index contributed by atoms with van der Waals surface area (Å²) in [6, 6.07) is 0. The van der Waals surface area contributed by atoms with Gasteiger partial charge in [-0.3, -0.25) is 9.69 Å². The van der Waals surface area contributed by atoms with Crippen molar-refractivity contribution in [1.82, 2.24) is 9.80 Å². The van der Waals surface area contributed by atoms with E-state index in [2.05, 4.69) is 44.4 Å². The molecule has 180 valence electrons. The molecular weight excluding hydrogens is 384 g/mol. The van der Waals surface area contributed by atoms with Gasteiger partial charge in [0.2, 0.25) is 5.91 Å². The maximum absolute atomic E-state index is 13.1. The zero-order chi connectivity index (χ0) is 22.9. The maximum atomic E-state index is 13.1. The highest BCUT2D eigenvalue weighted by Gasteiger charge is 2.26. The molecule has 1 aliphatic rings. The second-order valence-electron chi connectivity index (χ2n) is 9.50. The standard InChI is InChI=1S/C27H50N2O2/c1-6-9-12-13-18-25(17-11-8-3)27(30)28(5)22-26-23-29(20-21-31-26)19-14-16-24(4)15-10-7-2/h24-26H,6-13,15,17-23H2,1-5H3/t24?,25?,26-/m1/s1. The van der Waals surface area contributed by atoms with Crippen LogP contribution in [-0.2, 0) is 9.53 Å². The normalized spacial score (nSPS) is 18.8. The third-order valence-electron chi connectivity index (χ3n) is 6.38. The van der Waals surface area contributed by atoms with Crippen molar-refractivity contribution < 1.29 is 9.53 Å². The minimum atomic E-state index is 0.0916. The van der Waals surface area contributed by atoms with E-state index in [0.717, 1.165) is 51.9 Å². The smallest absolute Gasteiger partial charge is 0.225 e. The van der Waals surface area contributed by atoms with Gasteiger partial charge in [0.1, 0.15) is 0 Å². The van der Waals surface area contributed by atoms with Crippen LogP contribution in [0.1, 0.15) is 98.3 Å². The van der Waals surface area contributed by atoms with E-state index >= 15 is 0 Å². The molecule has 0 aliphatic carbocycles. The van der Waals surface area contributed by atoms with E-state index in [1.165, 1.54) is 44.9 Å². The number of ether oxygens (including phenoxy) is 1. The van der Waals surface area contributed by atoms with Crippen molar-refractivity contribution in [2.45, 2.75) is 104 Å². The first-order valence-electron chi connectivity index (χ1n) is 13.1. The molecule has 1 heterocycles. The highest BCUT2D eigenvalue weighted by Crippen LogP contribution is 2.20. The van der Waals surface area contributed by atoms with Crippen molar-refractivity contribution in [3.8, 4) is 11.8 Å². The van der Waals surface area contributed by atoms with Crippen molar-refractivity contribution in [3.05, 3.63) is 0 Å². The summed E-state index contributed by atoms with van der Waals surface area (Å²) in [6.07, 6.45) is 13.1. The first kappa shape index (κ1) is 28.0. The Hall–Kier alpha value is -1.05. The van der Waals surface area contributed by atoms with E-state index in [4.69, 9.17) is 4.74 Å². The Labute approximate surface area is 193 Å². The number of carbonyl (C=O) groups excluding carboxylic acids is 1. The molecule has 1 amide bonds. The summed E-state index contributed by atoms with van der Waals surface area (Å²) in [5.74, 6) is 7.76. The summed E-state index contributed by atoms with van der Waals surface area (Å²) in [6.45, 7) is 12.9. The molecule has 4 heteroatoms. The Bertz CT molecular complexity index is 525. The van der Waals surface area contributed by atoms with Gasteiger partial charge in [0.05, 0.1) is 19.3 Å². The van der Waals surface area contributed by atoms with E-state index < -0.39 is 0 Å². The molecule has 0 radical (unpaired) electrons. The molecule has 1 fully saturated rings. The van der Waals surface area contributed by atoms with Gasteiger partial charge in [0, 0.05) is 38.5 Å². The number of likely N-dealkylation sites (N-methyl/N-ethyl adjacent to an activating group) is 1. The van der Waals surface area contributed by atoms with Gasteiger partial charge in [-0.1, -0.05) is 90.9 Å². The van der Waals surface area contributed by atoms with Crippen molar-refractivity contribution in [3.63, 3.8) is 0 Å². The molecule has 0 saturated carbocycles. The fourth-order valence-electron chi connectivity index (χ4n) is 4.32. The lowest BCUT2D eigenvalue weighted by Crippen LogP contribution is -2.48. The minimum Gasteiger partial charge on any atom is -0.374 e. The van der Waals surface area contributed by atoms with Crippen LogP contribution in [0.25, 0.3) is 0 Å². The molecule has 1 rings (SSSR count). The van der Waals surface area contributed by atoms with E-state index in [0.29, 0.717) is 18.4 Å². The van der Waals surface area contributed by atoms with Gasteiger partial charge in [0.25, 0.3) is 0 Å². The van der Waals surface area contributed by atoms with Crippen LogP contribution in [0.3, 0.4) is 0 Å². The fraction of sp³-hybridized carbons (Fsp3) is 0.889. The molecule has 3 atom stereocenters. The topological polar surface area (TPSA) is 32.8 Å². The number of carbonyl (C=O) groups is 1. The highest BCUT2D eigenvalue weighted by atomic mass is 16.5. The Kier molecular flexibility index (Phi) is 15.8. The molecule has 31 heavy (non-hydrogen) atoms. The number of hydrogen-bond donors (Lipinski definition) is 0. The largest absolute Gasteiger partial charge is 0.374 e. The first-order valence-corrected chi connectivity index (χ1v) is 13.1. The van der Waals surface area contributed by atoms with E-state index in [1.807, 2.05) is 11.9 Å². The molecule has 1 saturated heterocycles. The molecule has 0 aromatic heterocycles. The van der Waals surface area contributed by atoms with Gasteiger partial charge in [-0.05, 0) is 19.3 Å². The molecule has 0 aromatic carbocycles. The van der Waals surface area contributed by atoms with Gasteiger partial charge in [-0.25, -0.2) is 0 Å². The monoisotopic (exact) mass is 434 g/mol. The predicted molar refractivity (Wildman–Crippen MR) is 132 cm³/mol. The van der Waals surface area contributed by atoms with Crippen molar-refractivity contribution in [2.24, 2.45) is 11.8 Å². The molecule has 0 N–H and O–H groups in total. The highest BCUT2D eigenvalue weighted by molar-refractivity contribution is 5.78. The third kappa shape index (κ3) is 12.5. The Balaban J connectivity index is 2.48. The number of hydrogen-bond acceptors (Lipinski definition) is 3. The van der Waals surface area contributed by atoms with E-state index in [-0.39, 0.29) is 12.0 Å². The number of unbranched alkanes of at least 4 members (excludes halogenated alkanes) is 5. The molecular formula is C27H50N2O2. The zero-order valence-corrected chi connectivity index (χ0v) is 21.3. The SMILES string of the molecule is CCCCCCC(CCCC)C(=O)N(C)C[C@@H]1CN(CC#CC(C)CCCC)CCO1. The molecule has 0 spiro atoms. The van der Waals surface area contributed by atoms with Crippen molar-refractivity contribution >= 4 is 5.91 Å². The number of rotatable bonds is 15. The summed E-state index contributed by atoms with van der Waals surface area (Å²) in [7, 11) is 1.96. The van der Waals surface area contributed by atoms with Crippen LogP contribution in [0, 0.1) is 23.7 Å². The van der Waals surface area contributed by atoms with Crippen LogP contribution in [0.15, 0.2) is 0 Å². The van der Waals surface area contributed by atoms with Crippen LogP contribution in [0.4, 0.5) is 0 Å². The van der Waals surface area contributed by atoms with Gasteiger partial charge in [0.15, 0.2) is 0 Å². The number of nitrogens with zero attached hydrogens (tertiary/aromatic N) is 2. The van der Waals surface area contributed by atoms with Gasteiger partial charge >= 0.3 is 0 Å². The van der Waals surface area contributed by atoms with Gasteiger partial charge in [-0.2, -0.15) is 0 Å². The third-order valence-corrected chi connectivity index (χ3v) is 6.38. The minimum absolute atomic E-state index is 0.0916. The Morgan fingerprint density at radius 1 is 1.03 bits per heavy atom. The summed E-state index contributed by atoms with van der Waals surface area (Å²) >= 11 is 0. The Morgan fingerprint density at radius 3 is 2.42 bits per heavy atom. The van der Waals surface area contributed by atoms with E-state index in [1.54, 1.807) is 0 Å². The second-order valence-corrected chi connectivity index (χ2v) is 9.50. The maximum Gasteiger partial charge on any atom is 0.225 e. The molecule has 2 unspecified atom stereocenters.